The van der Waals surface area contributed by atoms with Gasteiger partial charge in [-0.05, 0) is 80.6 Å². The minimum atomic E-state index is 0.316. The molecule has 0 aliphatic heterocycles. The molecule has 0 fully saturated rings. The second-order valence-corrected chi connectivity index (χ2v) is 13.3. The van der Waals surface area contributed by atoms with Crippen molar-refractivity contribution in [3.8, 4) is 22.6 Å². The van der Waals surface area contributed by atoms with E-state index >= 15 is 0 Å². The van der Waals surface area contributed by atoms with Crippen LogP contribution in [0.2, 0.25) is 0 Å². The number of fused-ring (bicyclic) bond motifs is 4. The third kappa shape index (κ3) is 5.84. The van der Waals surface area contributed by atoms with Crippen molar-refractivity contribution in [3.05, 3.63) is 97.7 Å². The average Bonchev–Trinajstić information content (AvgIpc) is 4.05. The molecule has 54 heavy (non-hydrogen) atoms. The SMILES string of the molecule is CC(C)n1cc(-c2nn(C)c3cc(Nc4n[nH]c5cccnc45)ccc23)cn1.Cn1ccc(-c2nn(C)c3cc(Nc4n[nH]c5cccnc45)ccc23)n1. The molecule has 8 aromatic heterocycles. The zero-order valence-corrected chi connectivity index (χ0v) is 30.2. The van der Waals surface area contributed by atoms with E-state index in [1.807, 2.05) is 96.2 Å². The van der Waals surface area contributed by atoms with Crippen molar-refractivity contribution in [2.45, 2.75) is 19.9 Å². The lowest BCUT2D eigenvalue weighted by Gasteiger charge is -2.04. The van der Waals surface area contributed by atoms with Crippen molar-refractivity contribution >= 4 is 66.9 Å². The third-order valence-corrected chi connectivity index (χ3v) is 9.23. The Morgan fingerprint density at radius 1 is 0.667 bits per heavy atom. The highest BCUT2D eigenvalue weighted by Crippen LogP contribution is 2.32. The van der Waals surface area contributed by atoms with Gasteiger partial charge in [-0.2, -0.15) is 30.6 Å². The highest BCUT2D eigenvalue weighted by Gasteiger charge is 2.16. The molecule has 0 atom stereocenters. The first-order valence-corrected chi connectivity index (χ1v) is 17.4. The van der Waals surface area contributed by atoms with E-state index in [1.54, 1.807) is 17.1 Å². The molecule has 0 bridgehead atoms. The van der Waals surface area contributed by atoms with E-state index < -0.39 is 0 Å². The molecular weight excluding hydrogens is 681 g/mol. The maximum absolute atomic E-state index is 4.72. The fourth-order valence-electron chi connectivity index (χ4n) is 6.51. The summed E-state index contributed by atoms with van der Waals surface area (Å²) in [5.41, 5.74) is 11.0. The van der Waals surface area contributed by atoms with Gasteiger partial charge in [0.05, 0.1) is 28.3 Å². The van der Waals surface area contributed by atoms with Crippen LogP contribution in [0.1, 0.15) is 19.9 Å². The summed E-state index contributed by atoms with van der Waals surface area (Å²) in [7, 11) is 5.79. The largest absolute Gasteiger partial charge is 0.337 e. The van der Waals surface area contributed by atoms with Gasteiger partial charge in [-0.3, -0.25) is 38.9 Å². The number of aryl methyl sites for hydroxylation is 3. The van der Waals surface area contributed by atoms with Gasteiger partial charge in [-0.1, -0.05) is 0 Å². The first-order valence-electron chi connectivity index (χ1n) is 17.4. The van der Waals surface area contributed by atoms with Gasteiger partial charge < -0.3 is 10.6 Å². The van der Waals surface area contributed by atoms with Gasteiger partial charge in [-0.25, -0.2) is 0 Å². The number of rotatable bonds is 7. The monoisotopic (exact) mass is 716 g/mol. The van der Waals surface area contributed by atoms with Gasteiger partial charge in [0.25, 0.3) is 0 Å². The molecule has 0 aliphatic carbocycles. The molecule has 0 unspecified atom stereocenters. The lowest BCUT2D eigenvalue weighted by molar-refractivity contribution is 0.532. The highest BCUT2D eigenvalue weighted by molar-refractivity contribution is 5.97. The number of H-pyrrole nitrogens is 2. The van der Waals surface area contributed by atoms with Crippen LogP contribution in [0, 0.1) is 0 Å². The molecule has 0 amide bonds. The van der Waals surface area contributed by atoms with Gasteiger partial charge in [0.15, 0.2) is 11.6 Å². The minimum absolute atomic E-state index is 0.316. The standard InChI is InChI=1S/C20H20N8.C18H16N8/c1-12(2)28-11-13(10-22-28)18-15-7-6-14(9-17(15)27(3)26-18)23-20-19-16(24-25-20)5-4-8-21-19;1-25-9-7-14(23-25)16-12-6-5-11(10-15(12)26(2)24-16)20-18-17-13(21-22-18)4-3-8-19-17/h4-12H,1-3H3,(H2,23,24,25);3-10H,1-2H3,(H2,20,21,22). The number of aromatic nitrogens is 14. The molecule has 0 radical (unpaired) electrons. The number of benzene rings is 2. The van der Waals surface area contributed by atoms with Crippen molar-refractivity contribution in [2.24, 2.45) is 21.1 Å². The normalized spacial score (nSPS) is 11.6. The number of anilines is 4. The third-order valence-electron chi connectivity index (χ3n) is 9.23. The van der Waals surface area contributed by atoms with Crippen LogP contribution in [0.4, 0.5) is 23.0 Å². The van der Waals surface area contributed by atoms with Crippen LogP contribution in [0.5, 0.6) is 0 Å². The molecule has 8 heterocycles. The summed E-state index contributed by atoms with van der Waals surface area (Å²) in [4.78, 5) is 8.77. The fourth-order valence-corrected chi connectivity index (χ4v) is 6.51. The zero-order chi connectivity index (χ0) is 36.9. The van der Waals surface area contributed by atoms with Crippen molar-refractivity contribution in [3.63, 3.8) is 0 Å². The van der Waals surface area contributed by atoms with Gasteiger partial charge in [0, 0.05) is 79.7 Å². The van der Waals surface area contributed by atoms with E-state index in [-0.39, 0.29) is 0 Å². The highest BCUT2D eigenvalue weighted by atomic mass is 15.3. The Balaban J connectivity index is 0.000000143. The van der Waals surface area contributed by atoms with Crippen LogP contribution < -0.4 is 10.6 Å². The molecular formula is C38H36N16. The second-order valence-electron chi connectivity index (χ2n) is 13.3. The lowest BCUT2D eigenvalue weighted by atomic mass is 10.1. The molecule has 10 rings (SSSR count). The average molecular weight is 717 g/mol. The first-order chi connectivity index (χ1) is 26.3. The zero-order valence-electron chi connectivity index (χ0n) is 30.2. The van der Waals surface area contributed by atoms with E-state index in [9.17, 15) is 0 Å². The lowest BCUT2D eigenvalue weighted by Crippen LogP contribution is -1.99. The summed E-state index contributed by atoms with van der Waals surface area (Å²) in [6, 6.07) is 22.3. The quantitative estimate of drug-likeness (QED) is 0.134. The van der Waals surface area contributed by atoms with E-state index in [1.165, 1.54) is 0 Å². The molecule has 0 aliphatic rings. The van der Waals surface area contributed by atoms with Crippen LogP contribution in [-0.2, 0) is 21.1 Å². The molecule has 268 valence electrons. The van der Waals surface area contributed by atoms with Crippen LogP contribution in [0.3, 0.4) is 0 Å². The Morgan fingerprint density at radius 3 is 1.78 bits per heavy atom. The Labute approximate surface area is 307 Å². The van der Waals surface area contributed by atoms with Crippen molar-refractivity contribution < 1.29 is 0 Å². The van der Waals surface area contributed by atoms with Crippen molar-refractivity contribution in [1.82, 2.24) is 69.5 Å². The predicted octanol–water partition coefficient (Wildman–Crippen LogP) is 7.02. The molecule has 16 nitrogen and oxygen atoms in total. The summed E-state index contributed by atoms with van der Waals surface area (Å²) in [6.45, 7) is 4.22. The van der Waals surface area contributed by atoms with Crippen LogP contribution >= 0.6 is 0 Å². The Hall–Kier alpha value is -7.36. The van der Waals surface area contributed by atoms with E-state index in [0.29, 0.717) is 17.7 Å². The predicted molar refractivity (Wildman–Crippen MR) is 210 cm³/mol. The van der Waals surface area contributed by atoms with Crippen molar-refractivity contribution in [2.75, 3.05) is 10.6 Å². The van der Waals surface area contributed by atoms with Crippen LogP contribution in [0.15, 0.2) is 97.7 Å². The maximum atomic E-state index is 4.72. The smallest absolute Gasteiger partial charge is 0.178 e. The number of pyridine rings is 2. The van der Waals surface area contributed by atoms with E-state index in [2.05, 4.69) is 94.4 Å². The Kier molecular flexibility index (Phi) is 7.83. The summed E-state index contributed by atoms with van der Waals surface area (Å²) in [6.07, 6.45) is 9.35. The summed E-state index contributed by atoms with van der Waals surface area (Å²) in [5, 5.41) is 41.7. The molecule has 0 saturated heterocycles. The maximum Gasteiger partial charge on any atom is 0.178 e. The van der Waals surface area contributed by atoms with Gasteiger partial charge in [0.1, 0.15) is 28.1 Å². The Bertz CT molecular complexity index is 2930. The number of aromatic amines is 2. The number of nitrogens with zero attached hydrogens (tertiary/aromatic N) is 12. The molecule has 0 saturated carbocycles. The molecule has 0 spiro atoms. The molecule has 10 aromatic rings. The van der Waals surface area contributed by atoms with Crippen molar-refractivity contribution in [1.29, 1.82) is 0 Å². The first kappa shape index (κ1) is 32.5. The second kappa shape index (κ2) is 13.0. The summed E-state index contributed by atoms with van der Waals surface area (Å²) in [5.74, 6) is 1.41. The number of hydrogen-bond donors (Lipinski definition) is 4. The van der Waals surface area contributed by atoms with Gasteiger partial charge in [0.2, 0.25) is 0 Å². The van der Waals surface area contributed by atoms with Gasteiger partial charge in [-0.15, -0.1) is 0 Å². The fraction of sp³-hybridized carbons (Fsp3) is 0.158. The number of nitrogens with one attached hydrogen (secondary N) is 4. The Morgan fingerprint density at radius 2 is 1.24 bits per heavy atom. The molecule has 16 heteroatoms. The van der Waals surface area contributed by atoms with Gasteiger partial charge >= 0.3 is 0 Å². The minimum Gasteiger partial charge on any atom is -0.337 e. The summed E-state index contributed by atoms with van der Waals surface area (Å²) >= 11 is 0. The van der Waals surface area contributed by atoms with E-state index in [0.717, 1.165) is 77.9 Å². The molecule has 2 aromatic carbocycles. The van der Waals surface area contributed by atoms with E-state index in [4.69, 9.17) is 5.10 Å². The summed E-state index contributed by atoms with van der Waals surface area (Å²) < 4.78 is 7.48. The number of hydrogen-bond acceptors (Lipinski definition) is 10. The van der Waals surface area contributed by atoms with Crippen LogP contribution in [0.25, 0.3) is 66.5 Å². The van der Waals surface area contributed by atoms with Crippen LogP contribution in [-0.4, -0.2) is 69.5 Å². The topological polar surface area (TPSA) is 178 Å². The molecule has 4 N–H and O–H groups in total.